The van der Waals surface area contributed by atoms with E-state index >= 15 is 0 Å². The summed E-state index contributed by atoms with van der Waals surface area (Å²) < 4.78 is 11.0. The Morgan fingerprint density at radius 2 is 1.94 bits per heavy atom. The van der Waals surface area contributed by atoms with Crippen LogP contribution in [0.3, 0.4) is 0 Å². The summed E-state index contributed by atoms with van der Waals surface area (Å²) in [7, 11) is 1.76. The van der Waals surface area contributed by atoms with Crippen LogP contribution in [0.5, 0.6) is 0 Å². The molecule has 0 aromatic carbocycles. The molecule has 2 rings (SSSR count). The zero-order valence-electron chi connectivity index (χ0n) is 11.8. The Morgan fingerprint density at radius 1 is 1.17 bits per heavy atom. The molecule has 1 atom stereocenters. The molecule has 2 aliphatic rings. The van der Waals surface area contributed by atoms with Gasteiger partial charge in [-0.15, -0.1) is 0 Å². The van der Waals surface area contributed by atoms with Crippen molar-refractivity contribution in [3.63, 3.8) is 0 Å². The maximum atomic E-state index is 5.92. The third-order valence-corrected chi connectivity index (χ3v) is 4.34. The highest BCUT2D eigenvalue weighted by Gasteiger charge is 2.26. The van der Waals surface area contributed by atoms with Gasteiger partial charge in [-0.25, -0.2) is 0 Å². The van der Waals surface area contributed by atoms with E-state index in [9.17, 15) is 0 Å². The van der Waals surface area contributed by atoms with Crippen LogP contribution in [0, 0.1) is 17.8 Å². The Balaban J connectivity index is 1.63. The molecule has 0 spiro atoms. The summed E-state index contributed by atoms with van der Waals surface area (Å²) in [6, 6.07) is 0. The Hall–Kier alpha value is -0.120. The van der Waals surface area contributed by atoms with Crippen LogP contribution >= 0.6 is 0 Å². The molecule has 0 aromatic rings. The molecule has 0 saturated heterocycles. The van der Waals surface area contributed by atoms with E-state index in [1.165, 1.54) is 38.5 Å². The monoisotopic (exact) mass is 255 g/mol. The van der Waals surface area contributed by atoms with E-state index in [-0.39, 0.29) is 0 Å². The summed E-state index contributed by atoms with van der Waals surface area (Å²) in [5.74, 6) is 2.48. The summed E-state index contributed by atoms with van der Waals surface area (Å²) in [5.41, 5.74) is 0. The van der Waals surface area contributed by atoms with Crippen LogP contribution in [-0.2, 0) is 9.47 Å². The molecule has 0 aromatic heterocycles. The third-order valence-electron chi connectivity index (χ3n) is 4.34. The van der Waals surface area contributed by atoms with Gasteiger partial charge in [0.25, 0.3) is 0 Å². The van der Waals surface area contributed by atoms with E-state index < -0.39 is 0 Å². The lowest BCUT2D eigenvalue weighted by Gasteiger charge is -2.24. The minimum Gasteiger partial charge on any atom is -0.383 e. The molecule has 2 saturated carbocycles. The van der Waals surface area contributed by atoms with Crippen molar-refractivity contribution in [2.24, 2.45) is 17.8 Å². The zero-order valence-corrected chi connectivity index (χ0v) is 11.8. The van der Waals surface area contributed by atoms with E-state index in [1.807, 2.05) is 0 Å². The maximum Gasteiger partial charge on any atom is 0.0587 e. The Kier molecular flexibility index (Phi) is 6.46. The second kappa shape index (κ2) is 8.13. The fourth-order valence-electron chi connectivity index (χ4n) is 2.92. The van der Waals surface area contributed by atoms with Crippen LogP contribution in [0.4, 0.5) is 0 Å². The Labute approximate surface area is 112 Å². The second-order valence-electron chi connectivity index (χ2n) is 5.98. The van der Waals surface area contributed by atoms with Crippen molar-refractivity contribution < 1.29 is 9.47 Å². The average Bonchev–Trinajstić information content (AvgIpc) is 3.04. The van der Waals surface area contributed by atoms with Crippen molar-refractivity contribution >= 4 is 0 Å². The average molecular weight is 255 g/mol. The molecule has 2 fully saturated rings. The van der Waals surface area contributed by atoms with Gasteiger partial charge in [0.1, 0.15) is 0 Å². The van der Waals surface area contributed by atoms with Crippen molar-refractivity contribution in [3.8, 4) is 0 Å². The van der Waals surface area contributed by atoms with E-state index in [1.54, 1.807) is 7.11 Å². The van der Waals surface area contributed by atoms with E-state index in [2.05, 4.69) is 5.32 Å². The van der Waals surface area contributed by atoms with Gasteiger partial charge in [-0.1, -0.05) is 25.7 Å². The number of hydrogen-bond acceptors (Lipinski definition) is 3. The molecule has 0 heterocycles. The minimum atomic E-state index is 0.711. The molecule has 1 unspecified atom stereocenters. The summed E-state index contributed by atoms with van der Waals surface area (Å²) in [4.78, 5) is 0. The Bertz CT molecular complexity index is 213. The van der Waals surface area contributed by atoms with Crippen molar-refractivity contribution in [1.82, 2.24) is 5.32 Å². The summed E-state index contributed by atoms with van der Waals surface area (Å²) in [6.07, 6.45) is 8.43. The maximum absolute atomic E-state index is 5.92. The smallest absolute Gasteiger partial charge is 0.0587 e. The lowest BCUT2D eigenvalue weighted by molar-refractivity contribution is 0.0694. The van der Waals surface area contributed by atoms with Crippen molar-refractivity contribution in [2.45, 2.75) is 38.5 Å². The SMILES string of the molecule is COCCNCC(COCC1CC1)C1CCCC1. The van der Waals surface area contributed by atoms with Gasteiger partial charge in [0.05, 0.1) is 13.2 Å². The van der Waals surface area contributed by atoms with Gasteiger partial charge >= 0.3 is 0 Å². The van der Waals surface area contributed by atoms with Crippen LogP contribution in [0.25, 0.3) is 0 Å². The highest BCUT2D eigenvalue weighted by Crippen LogP contribution is 2.32. The quantitative estimate of drug-likeness (QED) is 0.608. The minimum absolute atomic E-state index is 0.711. The fraction of sp³-hybridized carbons (Fsp3) is 1.00. The first-order valence-corrected chi connectivity index (χ1v) is 7.67. The molecular weight excluding hydrogens is 226 g/mol. The summed E-state index contributed by atoms with van der Waals surface area (Å²) in [6.45, 7) is 4.82. The molecular formula is C15H29NO2. The molecule has 0 bridgehead atoms. The second-order valence-corrected chi connectivity index (χ2v) is 5.98. The molecule has 1 N–H and O–H groups in total. The third kappa shape index (κ3) is 5.25. The number of methoxy groups -OCH3 is 1. The first-order chi connectivity index (χ1) is 8.90. The molecule has 0 amide bonds. The molecule has 18 heavy (non-hydrogen) atoms. The number of rotatable bonds is 10. The van der Waals surface area contributed by atoms with Crippen molar-refractivity contribution in [3.05, 3.63) is 0 Å². The lowest BCUT2D eigenvalue weighted by Crippen LogP contribution is -2.32. The highest BCUT2D eigenvalue weighted by molar-refractivity contribution is 4.78. The van der Waals surface area contributed by atoms with Gasteiger partial charge in [0, 0.05) is 26.8 Å². The van der Waals surface area contributed by atoms with Gasteiger partial charge in [-0.3, -0.25) is 0 Å². The molecule has 0 radical (unpaired) electrons. The van der Waals surface area contributed by atoms with Crippen LogP contribution < -0.4 is 5.32 Å². The van der Waals surface area contributed by atoms with Gasteiger partial charge in [0.2, 0.25) is 0 Å². The molecule has 2 aliphatic carbocycles. The van der Waals surface area contributed by atoms with Crippen LogP contribution in [0.2, 0.25) is 0 Å². The zero-order chi connectivity index (χ0) is 12.6. The fourth-order valence-corrected chi connectivity index (χ4v) is 2.92. The van der Waals surface area contributed by atoms with Crippen LogP contribution in [0.15, 0.2) is 0 Å². The lowest BCUT2D eigenvalue weighted by atomic mass is 9.91. The molecule has 0 aliphatic heterocycles. The van der Waals surface area contributed by atoms with Gasteiger partial charge < -0.3 is 14.8 Å². The molecule has 106 valence electrons. The van der Waals surface area contributed by atoms with Crippen molar-refractivity contribution in [1.29, 1.82) is 0 Å². The first kappa shape index (κ1) is 14.3. The van der Waals surface area contributed by atoms with Gasteiger partial charge in [-0.05, 0) is 30.6 Å². The van der Waals surface area contributed by atoms with E-state index in [0.29, 0.717) is 5.92 Å². The number of hydrogen-bond donors (Lipinski definition) is 1. The first-order valence-electron chi connectivity index (χ1n) is 7.67. The van der Waals surface area contributed by atoms with Crippen LogP contribution in [0.1, 0.15) is 38.5 Å². The summed E-state index contributed by atoms with van der Waals surface area (Å²) in [5, 5.41) is 3.51. The standard InChI is InChI=1S/C15H29NO2/c1-17-9-8-16-10-15(14-4-2-3-5-14)12-18-11-13-6-7-13/h13-16H,2-12H2,1H3. The topological polar surface area (TPSA) is 30.5 Å². The predicted molar refractivity (Wildman–Crippen MR) is 73.7 cm³/mol. The largest absolute Gasteiger partial charge is 0.383 e. The number of ether oxygens (including phenoxy) is 2. The molecule has 3 heteroatoms. The normalized spacial score (nSPS) is 22.5. The van der Waals surface area contributed by atoms with E-state index in [4.69, 9.17) is 9.47 Å². The van der Waals surface area contributed by atoms with Crippen molar-refractivity contribution in [2.75, 3.05) is 40.0 Å². The van der Waals surface area contributed by atoms with E-state index in [0.717, 1.165) is 44.7 Å². The predicted octanol–water partition coefficient (Wildman–Crippen LogP) is 2.46. The summed E-state index contributed by atoms with van der Waals surface area (Å²) >= 11 is 0. The van der Waals surface area contributed by atoms with Gasteiger partial charge in [-0.2, -0.15) is 0 Å². The highest BCUT2D eigenvalue weighted by atomic mass is 16.5. The number of nitrogens with one attached hydrogen (secondary N) is 1. The molecule has 3 nitrogen and oxygen atoms in total. The Morgan fingerprint density at radius 3 is 2.61 bits per heavy atom. The van der Waals surface area contributed by atoms with Gasteiger partial charge in [0.15, 0.2) is 0 Å². The van der Waals surface area contributed by atoms with Crippen LogP contribution in [-0.4, -0.2) is 40.0 Å².